The second-order valence-corrected chi connectivity index (χ2v) is 8.23. The highest BCUT2D eigenvalue weighted by molar-refractivity contribution is 6.07. The van der Waals surface area contributed by atoms with Gasteiger partial charge in [0.2, 0.25) is 0 Å². The van der Waals surface area contributed by atoms with Crippen molar-refractivity contribution in [2.45, 2.75) is 25.9 Å². The van der Waals surface area contributed by atoms with Crippen molar-refractivity contribution in [3.8, 4) is 0 Å². The van der Waals surface area contributed by atoms with Crippen LogP contribution in [0.3, 0.4) is 0 Å². The lowest BCUT2D eigenvalue weighted by Gasteiger charge is -2.33. The van der Waals surface area contributed by atoms with E-state index in [2.05, 4.69) is 13.0 Å². The zero-order valence-corrected chi connectivity index (χ0v) is 16.9. The van der Waals surface area contributed by atoms with Crippen LogP contribution in [0.1, 0.15) is 50.4 Å². The largest absolute Gasteiger partial charge is 0.454 e. The van der Waals surface area contributed by atoms with Gasteiger partial charge in [0.05, 0.1) is 5.56 Å². The van der Waals surface area contributed by atoms with Gasteiger partial charge < -0.3 is 9.64 Å². The number of benzene rings is 3. The molecule has 30 heavy (non-hydrogen) atoms. The number of carbonyl (C=O) groups is 2. The van der Waals surface area contributed by atoms with Gasteiger partial charge in [-0.2, -0.15) is 0 Å². The molecule has 0 saturated heterocycles. The van der Waals surface area contributed by atoms with E-state index in [-0.39, 0.29) is 18.0 Å². The lowest BCUT2D eigenvalue weighted by molar-refractivity contribution is 0.0252. The summed E-state index contributed by atoms with van der Waals surface area (Å²) in [5.41, 5.74) is 5.18. The zero-order chi connectivity index (χ0) is 20.7. The molecule has 0 N–H and O–H groups in total. The third-order valence-corrected chi connectivity index (χ3v) is 5.99. The smallest absolute Gasteiger partial charge is 0.339 e. The average Bonchev–Trinajstić information content (AvgIpc) is 2.78. The molecule has 4 nitrogen and oxygen atoms in total. The molecule has 150 valence electrons. The van der Waals surface area contributed by atoms with Crippen LogP contribution in [0.25, 0.3) is 0 Å². The summed E-state index contributed by atoms with van der Waals surface area (Å²) in [6.45, 7) is 2.87. The number of para-hydroxylation sites is 1. The maximum absolute atomic E-state index is 13.4. The minimum Gasteiger partial charge on any atom is -0.454 e. The van der Waals surface area contributed by atoms with Crippen molar-refractivity contribution in [2.24, 2.45) is 5.92 Å². The lowest BCUT2D eigenvalue weighted by atomic mass is 9.91. The van der Waals surface area contributed by atoms with E-state index in [1.165, 1.54) is 5.56 Å². The Kier molecular flexibility index (Phi) is 4.62. The normalized spacial score (nSPS) is 20.2. The van der Waals surface area contributed by atoms with E-state index in [9.17, 15) is 9.59 Å². The molecule has 0 spiro atoms. The summed E-state index contributed by atoms with van der Waals surface area (Å²) in [7, 11) is 0. The molecule has 2 aliphatic heterocycles. The summed E-state index contributed by atoms with van der Waals surface area (Å²) in [4.78, 5) is 27.9. The Hall–Kier alpha value is -3.40. The number of hydrogen-bond acceptors (Lipinski definition) is 3. The molecule has 2 heterocycles. The van der Waals surface area contributed by atoms with Gasteiger partial charge in [-0.25, -0.2) is 4.79 Å². The van der Waals surface area contributed by atoms with Gasteiger partial charge in [0.1, 0.15) is 6.10 Å². The molecule has 5 rings (SSSR count). The van der Waals surface area contributed by atoms with Gasteiger partial charge in [-0.05, 0) is 53.3 Å². The minimum absolute atomic E-state index is 0.0213. The second kappa shape index (κ2) is 7.45. The van der Waals surface area contributed by atoms with Crippen molar-refractivity contribution >= 4 is 17.6 Å². The number of rotatable bonds is 2. The standard InChI is InChI=1S/C26H23NO3/c1-17-13-19-9-5-6-10-23(19)27(16-17)25(28)20-11-12-22-21(14-20)15-24(30-26(22)29)18-7-3-2-4-8-18/h2-12,14,17,24H,13,15-16H2,1H3. The van der Waals surface area contributed by atoms with Gasteiger partial charge >= 0.3 is 5.97 Å². The second-order valence-electron chi connectivity index (χ2n) is 8.23. The fourth-order valence-corrected chi connectivity index (χ4v) is 4.53. The SMILES string of the molecule is CC1Cc2ccccc2N(C(=O)c2ccc3c(c2)CC(c2ccccc2)OC3=O)C1. The zero-order valence-electron chi connectivity index (χ0n) is 16.9. The van der Waals surface area contributed by atoms with Crippen LogP contribution in [0.4, 0.5) is 5.69 Å². The molecule has 0 radical (unpaired) electrons. The van der Waals surface area contributed by atoms with Crippen LogP contribution in [0.15, 0.2) is 72.8 Å². The molecule has 2 aliphatic rings. The maximum Gasteiger partial charge on any atom is 0.339 e. The Balaban J connectivity index is 1.48. The number of nitrogens with zero attached hydrogens (tertiary/aromatic N) is 1. The summed E-state index contributed by atoms with van der Waals surface area (Å²) in [5.74, 6) is 0.0481. The lowest BCUT2D eigenvalue weighted by Crippen LogP contribution is -2.39. The Morgan fingerprint density at radius 1 is 0.933 bits per heavy atom. The number of hydrogen-bond donors (Lipinski definition) is 0. The van der Waals surface area contributed by atoms with Gasteiger partial charge in [-0.1, -0.05) is 55.5 Å². The molecular formula is C26H23NO3. The van der Waals surface area contributed by atoms with Crippen LogP contribution in [0, 0.1) is 5.92 Å². The summed E-state index contributed by atoms with van der Waals surface area (Å²) in [5, 5.41) is 0. The van der Waals surface area contributed by atoms with Crippen LogP contribution in [0.5, 0.6) is 0 Å². The van der Waals surface area contributed by atoms with Gasteiger partial charge in [-0.3, -0.25) is 4.79 Å². The molecule has 3 aromatic carbocycles. The van der Waals surface area contributed by atoms with Crippen molar-refractivity contribution < 1.29 is 14.3 Å². The van der Waals surface area contributed by atoms with E-state index in [0.29, 0.717) is 30.0 Å². The fourth-order valence-electron chi connectivity index (χ4n) is 4.53. The number of cyclic esters (lactones) is 1. The van der Waals surface area contributed by atoms with Crippen LogP contribution in [-0.4, -0.2) is 18.4 Å². The number of esters is 1. The molecule has 0 saturated carbocycles. The van der Waals surface area contributed by atoms with E-state index in [1.54, 1.807) is 12.1 Å². The van der Waals surface area contributed by atoms with Crippen LogP contribution < -0.4 is 4.90 Å². The van der Waals surface area contributed by atoms with E-state index < -0.39 is 0 Å². The molecule has 0 aromatic heterocycles. The molecule has 0 bridgehead atoms. The van der Waals surface area contributed by atoms with E-state index in [0.717, 1.165) is 23.2 Å². The highest BCUT2D eigenvalue weighted by atomic mass is 16.5. The van der Waals surface area contributed by atoms with Gasteiger partial charge in [0.25, 0.3) is 5.91 Å². The number of carbonyl (C=O) groups excluding carboxylic acids is 2. The number of ether oxygens (including phenoxy) is 1. The summed E-state index contributed by atoms with van der Waals surface area (Å²) in [6.07, 6.45) is 1.22. The van der Waals surface area contributed by atoms with Crippen molar-refractivity contribution in [2.75, 3.05) is 11.4 Å². The van der Waals surface area contributed by atoms with Crippen molar-refractivity contribution in [1.82, 2.24) is 0 Å². The Labute approximate surface area is 176 Å². The van der Waals surface area contributed by atoms with Gasteiger partial charge in [0, 0.05) is 24.2 Å². The number of anilines is 1. The van der Waals surface area contributed by atoms with Crippen LogP contribution in [-0.2, 0) is 17.6 Å². The predicted molar refractivity (Wildman–Crippen MR) is 116 cm³/mol. The monoisotopic (exact) mass is 397 g/mol. The first kappa shape index (κ1) is 18.6. The molecule has 4 heteroatoms. The molecule has 0 aliphatic carbocycles. The highest BCUT2D eigenvalue weighted by Gasteiger charge is 2.30. The molecule has 3 aromatic rings. The van der Waals surface area contributed by atoms with Crippen molar-refractivity contribution in [3.05, 3.63) is 101 Å². The molecule has 2 unspecified atom stereocenters. The minimum atomic E-state index is -0.332. The quantitative estimate of drug-likeness (QED) is 0.573. The first-order valence-corrected chi connectivity index (χ1v) is 10.4. The maximum atomic E-state index is 13.4. The molecular weight excluding hydrogens is 374 g/mol. The Morgan fingerprint density at radius 3 is 2.53 bits per heavy atom. The number of fused-ring (bicyclic) bond motifs is 2. The molecule has 0 fully saturated rings. The fraction of sp³-hybridized carbons (Fsp3) is 0.231. The van der Waals surface area contributed by atoms with Crippen LogP contribution >= 0.6 is 0 Å². The summed E-state index contributed by atoms with van der Waals surface area (Å²) < 4.78 is 5.64. The average molecular weight is 397 g/mol. The van der Waals surface area contributed by atoms with E-state index in [4.69, 9.17) is 4.74 Å². The van der Waals surface area contributed by atoms with Gasteiger partial charge in [-0.15, -0.1) is 0 Å². The first-order chi connectivity index (χ1) is 14.6. The molecule has 2 atom stereocenters. The van der Waals surface area contributed by atoms with Crippen LogP contribution in [0.2, 0.25) is 0 Å². The Morgan fingerprint density at radius 2 is 1.70 bits per heavy atom. The third-order valence-electron chi connectivity index (χ3n) is 5.99. The topological polar surface area (TPSA) is 46.6 Å². The first-order valence-electron chi connectivity index (χ1n) is 10.4. The van der Waals surface area contributed by atoms with E-state index in [1.807, 2.05) is 59.5 Å². The van der Waals surface area contributed by atoms with Gasteiger partial charge in [0.15, 0.2) is 0 Å². The summed E-state index contributed by atoms with van der Waals surface area (Å²) >= 11 is 0. The third kappa shape index (κ3) is 3.28. The van der Waals surface area contributed by atoms with Crippen molar-refractivity contribution in [1.29, 1.82) is 0 Å². The van der Waals surface area contributed by atoms with Crippen molar-refractivity contribution in [3.63, 3.8) is 0 Å². The Bertz CT molecular complexity index is 1120. The summed E-state index contributed by atoms with van der Waals surface area (Å²) in [6, 6.07) is 23.2. The molecule has 1 amide bonds. The number of amides is 1. The predicted octanol–water partition coefficient (Wildman–Crippen LogP) is 4.98. The highest BCUT2D eigenvalue weighted by Crippen LogP contribution is 2.33. The van der Waals surface area contributed by atoms with E-state index >= 15 is 0 Å².